The van der Waals surface area contributed by atoms with E-state index in [1.807, 2.05) is 0 Å². The van der Waals surface area contributed by atoms with Gasteiger partial charge in [-0.2, -0.15) is 0 Å². The Bertz CT molecular complexity index is 1070. The summed E-state index contributed by atoms with van der Waals surface area (Å²) < 4.78 is 22.5. The lowest BCUT2D eigenvalue weighted by Crippen LogP contribution is -2.46. The first-order valence-electron chi connectivity index (χ1n) is 13.1. The average molecular weight is 572 g/mol. The van der Waals surface area contributed by atoms with Crippen molar-refractivity contribution in [3.63, 3.8) is 0 Å². The molecule has 9 heteroatoms. The highest BCUT2D eigenvalue weighted by Gasteiger charge is 2.40. The summed E-state index contributed by atoms with van der Waals surface area (Å²) in [4.78, 5) is 2.72. The number of benzene rings is 2. The van der Waals surface area contributed by atoms with Gasteiger partial charge in [-0.15, -0.1) is 24.8 Å². The van der Waals surface area contributed by atoms with Crippen LogP contribution in [0.1, 0.15) is 60.5 Å². The predicted octanol–water partition coefficient (Wildman–Crippen LogP) is 4.96. The van der Waals surface area contributed by atoms with Crippen molar-refractivity contribution in [1.82, 2.24) is 10.2 Å². The minimum absolute atomic E-state index is 0. The van der Waals surface area contributed by atoms with E-state index in [0.717, 1.165) is 55.4 Å². The lowest BCUT2D eigenvalue weighted by atomic mass is 9.72. The molecule has 0 bridgehead atoms. The third-order valence-electron chi connectivity index (χ3n) is 8.64. The highest BCUT2D eigenvalue weighted by atomic mass is 35.5. The monoisotopic (exact) mass is 570 g/mol. The number of piperidine rings is 1. The first kappa shape index (κ1) is 32.3. The molecule has 1 fully saturated rings. The van der Waals surface area contributed by atoms with E-state index in [-0.39, 0.29) is 30.3 Å². The minimum Gasteiger partial charge on any atom is -0.493 e. The molecule has 5 rings (SSSR count). The van der Waals surface area contributed by atoms with Crippen molar-refractivity contribution < 1.29 is 24.4 Å². The van der Waals surface area contributed by atoms with Crippen LogP contribution >= 0.6 is 24.8 Å². The second kappa shape index (κ2) is 13.9. The summed E-state index contributed by atoms with van der Waals surface area (Å²) in [6.45, 7) is 5.66. The molecule has 4 atom stereocenters. The van der Waals surface area contributed by atoms with Gasteiger partial charge < -0.3 is 29.7 Å². The summed E-state index contributed by atoms with van der Waals surface area (Å²) in [5.74, 6) is 4.69. The molecule has 1 unspecified atom stereocenters. The molecule has 0 aliphatic carbocycles. The van der Waals surface area contributed by atoms with Crippen LogP contribution in [0.25, 0.3) is 0 Å². The summed E-state index contributed by atoms with van der Waals surface area (Å²) in [7, 11) is 6.90. The van der Waals surface area contributed by atoms with Crippen LogP contribution in [0.4, 0.5) is 0 Å². The van der Waals surface area contributed by atoms with Crippen LogP contribution < -0.4 is 24.3 Å². The Balaban J connectivity index is 0.00000169. The zero-order valence-corrected chi connectivity index (χ0v) is 24.8. The maximum absolute atomic E-state index is 5.68. The molecule has 1 saturated heterocycles. The fourth-order valence-corrected chi connectivity index (χ4v) is 6.74. The number of fused-ring (bicyclic) bond motifs is 4. The number of ether oxygens (including phenoxy) is 4. The molecule has 214 valence electrons. The highest BCUT2D eigenvalue weighted by Crippen LogP contribution is 2.48. The molecule has 3 heterocycles. The summed E-state index contributed by atoms with van der Waals surface area (Å²) in [6, 6.07) is 9.61. The van der Waals surface area contributed by atoms with Crippen LogP contribution in [0.5, 0.6) is 23.0 Å². The van der Waals surface area contributed by atoms with Crippen molar-refractivity contribution >= 4 is 24.8 Å². The minimum atomic E-state index is 0. The van der Waals surface area contributed by atoms with Gasteiger partial charge in [-0.1, -0.05) is 13.3 Å². The van der Waals surface area contributed by atoms with E-state index < -0.39 is 0 Å². The maximum atomic E-state index is 5.68. The third kappa shape index (κ3) is 5.97. The van der Waals surface area contributed by atoms with Gasteiger partial charge in [0.15, 0.2) is 23.0 Å². The van der Waals surface area contributed by atoms with Crippen LogP contribution in [0, 0.1) is 11.8 Å². The lowest BCUT2D eigenvalue weighted by Gasteiger charge is -2.48. The number of hydrogen-bond donors (Lipinski definition) is 1. The molecule has 0 amide bonds. The number of nitrogens with one attached hydrogen (secondary N) is 1. The largest absolute Gasteiger partial charge is 0.493 e. The Morgan fingerprint density at radius 1 is 0.789 bits per heavy atom. The van der Waals surface area contributed by atoms with Crippen LogP contribution in [0.2, 0.25) is 0 Å². The van der Waals surface area contributed by atoms with E-state index in [2.05, 4.69) is 41.4 Å². The lowest BCUT2D eigenvalue weighted by molar-refractivity contribution is 0.0434. The predicted molar refractivity (Wildman–Crippen MR) is 156 cm³/mol. The number of methoxy groups -OCH3 is 4. The second-order valence-corrected chi connectivity index (χ2v) is 10.2. The SMILES string of the molecule is CC[C@@H]1CN2CCc3cc(OC)c(OC)cc3[C@H]2CC1C[C@@H]1NCCc2cc(OC)c(OC)cc21.Cl.Cl.O. The maximum Gasteiger partial charge on any atom is 0.161 e. The molecular formula is C29H44Cl2N2O5. The Labute approximate surface area is 239 Å². The average Bonchev–Trinajstić information content (AvgIpc) is 2.91. The number of hydrogen-bond acceptors (Lipinski definition) is 6. The summed E-state index contributed by atoms with van der Waals surface area (Å²) >= 11 is 0. The fraction of sp³-hybridized carbons (Fsp3) is 0.586. The Kier molecular flexibility index (Phi) is 11.9. The Hall–Kier alpha value is -1.90. The number of halogens is 2. The normalized spacial score (nSPS) is 23.7. The second-order valence-electron chi connectivity index (χ2n) is 10.2. The van der Waals surface area contributed by atoms with Crippen LogP contribution in [-0.4, -0.2) is 58.4 Å². The number of rotatable bonds is 7. The van der Waals surface area contributed by atoms with Gasteiger partial charge in [0.2, 0.25) is 0 Å². The molecule has 0 spiro atoms. The molecule has 0 aromatic heterocycles. The van der Waals surface area contributed by atoms with E-state index in [9.17, 15) is 0 Å². The van der Waals surface area contributed by atoms with Crippen LogP contribution in [0.15, 0.2) is 24.3 Å². The summed E-state index contributed by atoms with van der Waals surface area (Å²) in [6.07, 6.45) is 5.65. The van der Waals surface area contributed by atoms with Gasteiger partial charge in [-0.05, 0) is 90.6 Å². The highest BCUT2D eigenvalue weighted by molar-refractivity contribution is 5.85. The van der Waals surface area contributed by atoms with E-state index in [0.29, 0.717) is 23.9 Å². The van der Waals surface area contributed by atoms with Gasteiger partial charge in [0.05, 0.1) is 28.4 Å². The molecule has 2 aromatic rings. The molecule has 2 aromatic carbocycles. The van der Waals surface area contributed by atoms with E-state index in [1.165, 1.54) is 41.6 Å². The first-order chi connectivity index (χ1) is 17.1. The molecule has 0 radical (unpaired) electrons. The quantitative estimate of drug-likeness (QED) is 0.506. The molecule has 3 aliphatic rings. The Morgan fingerprint density at radius 3 is 1.92 bits per heavy atom. The molecule has 3 aliphatic heterocycles. The van der Waals surface area contributed by atoms with Crippen molar-refractivity contribution in [2.75, 3.05) is 48.1 Å². The first-order valence-corrected chi connectivity index (χ1v) is 13.1. The van der Waals surface area contributed by atoms with Gasteiger partial charge in [0, 0.05) is 25.2 Å². The topological polar surface area (TPSA) is 83.7 Å². The van der Waals surface area contributed by atoms with Gasteiger partial charge in [-0.25, -0.2) is 0 Å². The van der Waals surface area contributed by atoms with Crippen molar-refractivity contribution in [2.45, 2.75) is 51.1 Å². The molecule has 0 saturated carbocycles. The van der Waals surface area contributed by atoms with Crippen LogP contribution in [0.3, 0.4) is 0 Å². The molecular weight excluding hydrogens is 527 g/mol. The van der Waals surface area contributed by atoms with E-state index in [4.69, 9.17) is 18.9 Å². The van der Waals surface area contributed by atoms with Gasteiger partial charge in [0.25, 0.3) is 0 Å². The zero-order valence-electron chi connectivity index (χ0n) is 23.2. The zero-order chi connectivity index (χ0) is 24.5. The molecule has 38 heavy (non-hydrogen) atoms. The molecule has 7 nitrogen and oxygen atoms in total. The van der Waals surface area contributed by atoms with Gasteiger partial charge in [0.1, 0.15) is 0 Å². The summed E-state index contributed by atoms with van der Waals surface area (Å²) in [5, 5.41) is 3.83. The standard InChI is InChI=1S/C29H40N2O4.2ClH.H2O/c1-6-18-17-31-10-8-20-14-27(33-3)29(35-5)16-23(20)25(31)12-21(18)11-24-22-15-28(34-4)26(32-2)13-19(22)7-9-30-24;;;/h13-16,18,21,24-25,30H,6-12,17H2,1-5H3;2*1H;1H2/t18-,21?,24+,25-;;;/m1.../s1. The van der Waals surface area contributed by atoms with Crippen molar-refractivity contribution in [2.24, 2.45) is 11.8 Å². The van der Waals surface area contributed by atoms with Gasteiger partial charge in [-0.3, -0.25) is 4.90 Å². The van der Waals surface area contributed by atoms with Crippen molar-refractivity contribution in [3.8, 4) is 23.0 Å². The number of nitrogens with zero attached hydrogens (tertiary/aromatic N) is 1. The molecule has 3 N–H and O–H groups in total. The smallest absolute Gasteiger partial charge is 0.161 e. The van der Waals surface area contributed by atoms with E-state index in [1.54, 1.807) is 28.4 Å². The third-order valence-corrected chi connectivity index (χ3v) is 8.64. The summed E-state index contributed by atoms with van der Waals surface area (Å²) in [5.41, 5.74) is 5.60. The van der Waals surface area contributed by atoms with Crippen molar-refractivity contribution in [1.29, 1.82) is 0 Å². The fourth-order valence-electron chi connectivity index (χ4n) is 6.74. The Morgan fingerprint density at radius 2 is 1.34 bits per heavy atom. The van der Waals surface area contributed by atoms with Gasteiger partial charge >= 0.3 is 0 Å². The van der Waals surface area contributed by atoms with Crippen molar-refractivity contribution in [3.05, 3.63) is 46.5 Å². The van der Waals surface area contributed by atoms with Crippen LogP contribution in [-0.2, 0) is 12.8 Å². The van der Waals surface area contributed by atoms with E-state index >= 15 is 0 Å².